The van der Waals surface area contributed by atoms with Gasteiger partial charge in [0, 0.05) is 29.7 Å². The average Bonchev–Trinajstić information content (AvgIpc) is 3.48. The smallest absolute Gasteiger partial charge is 0.808 e. The summed E-state index contributed by atoms with van der Waals surface area (Å²) in [4.78, 5) is 4.97. The van der Waals surface area contributed by atoms with Crippen LogP contribution in [-0.4, -0.2) is 38.3 Å². The first-order chi connectivity index (χ1) is 14.2. The molecule has 2 N–H and O–H groups in total. The van der Waals surface area contributed by atoms with Gasteiger partial charge in [0.25, 0.3) is 0 Å². The van der Waals surface area contributed by atoms with E-state index >= 15 is 0 Å². The maximum atomic E-state index is 9.21. The maximum absolute atomic E-state index is 9.21. The van der Waals surface area contributed by atoms with E-state index in [0.717, 1.165) is 71.1 Å². The minimum atomic E-state index is 0. The number of hydrogen-bond donors (Lipinski definition) is 2. The molecule has 155 valence electrons. The Kier molecular flexibility index (Phi) is 6.09. The minimum absolute atomic E-state index is 0. The molecule has 1 aliphatic rings. The van der Waals surface area contributed by atoms with E-state index in [-0.39, 0.29) is 19.8 Å². The van der Waals surface area contributed by atoms with Crippen LogP contribution in [0.25, 0.3) is 22.2 Å². The fourth-order valence-electron chi connectivity index (χ4n) is 3.70. The van der Waals surface area contributed by atoms with Crippen LogP contribution >= 0.6 is 11.5 Å². The summed E-state index contributed by atoms with van der Waals surface area (Å²) in [5, 5.41) is 21.7. The summed E-state index contributed by atoms with van der Waals surface area (Å²) >= 11 is 1.42. The quantitative estimate of drug-likeness (QED) is 0.339. The van der Waals surface area contributed by atoms with Gasteiger partial charge in [0.05, 0.1) is 23.8 Å². The van der Waals surface area contributed by atoms with Gasteiger partial charge >= 0.3 is 19.8 Å². The molecule has 0 amide bonds. The predicted molar refractivity (Wildman–Crippen MR) is 114 cm³/mol. The standard InChI is InChI=1S/C20H20N7OS.Os/c1-12-5-19(29-26-12)25-18-7-17(13-3-2-4-22-9-13)24-20-16(10-23-27(18)20)14-6-15(8-21)28-11-14;/h5-8,10-11,13,22,25H,2-4,9H2,1H3;/q-1;+1. The van der Waals surface area contributed by atoms with Crippen molar-refractivity contribution in [2.45, 2.75) is 25.7 Å². The molecule has 0 spiro atoms. The number of nitrogens with one attached hydrogen (secondary N) is 2. The summed E-state index contributed by atoms with van der Waals surface area (Å²) in [6, 6.07) is 5.87. The van der Waals surface area contributed by atoms with E-state index in [1.165, 1.54) is 11.5 Å². The van der Waals surface area contributed by atoms with Crippen LogP contribution in [-0.2, 0) is 19.8 Å². The molecule has 10 heteroatoms. The van der Waals surface area contributed by atoms with E-state index in [0.29, 0.717) is 11.7 Å². The number of hydrogen-bond acceptors (Lipinski definition) is 7. The number of nitrogens with zero attached hydrogens (tertiary/aromatic N) is 5. The molecule has 1 radical (unpaired) electrons. The topological polar surface area (TPSA) is 103 Å². The van der Waals surface area contributed by atoms with Gasteiger partial charge in [-0.1, -0.05) is 0 Å². The Balaban J connectivity index is 0.00000218. The molecular formula is C20H20N7OOsS. The Labute approximate surface area is 190 Å². The molecule has 8 nitrogen and oxygen atoms in total. The van der Waals surface area contributed by atoms with Crippen LogP contribution in [0, 0.1) is 6.92 Å². The molecule has 1 aliphatic heterocycles. The van der Waals surface area contributed by atoms with Gasteiger partial charge in [-0.3, -0.25) is 0 Å². The number of rotatable bonds is 5. The fraction of sp³-hybridized carbons (Fsp3) is 0.300. The number of aryl methyl sites for hydroxylation is 1. The van der Waals surface area contributed by atoms with Crippen LogP contribution in [0.1, 0.15) is 35.9 Å². The van der Waals surface area contributed by atoms with E-state index < -0.39 is 0 Å². The molecular weight excluding hydrogens is 577 g/mol. The molecule has 1 unspecified atom stereocenters. The maximum Gasteiger partial charge on any atom is 1.00 e. The zero-order chi connectivity index (χ0) is 19.8. The first-order valence-electron chi connectivity index (χ1n) is 9.57. The molecule has 0 saturated carbocycles. The summed E-state index contributed by atoms with van der Waals surface area (Å²) in [7, 11) is 0. The molecule has 1 atom stereocenters. The van der Waals surface area contributed by atoms with Gasteiger partial charge in [-0.05, 0) is 50.0 Å². The van der Waals surface area contributed by atoms with Crippen LogP contribution in [0.5, 0.6) is 0 Å². The van der Waals surface area contributed by atoms with E-state index in [9.17, 15) is 5.41 Å². The third-order valence-electron chi connectivity index (χ3n) is 5.14. The first kappa shape index (κ1) is 20.9. The van der Waals surface area contributed by atoms with Gasteiger partial charge in [0.2, 0.25) is 0 Å². The summed E-state index contributed by atoms with van der Waals surface area (Å²) in [5.74, 6) is 1.60. The summed E-state index contributed by atoms with van der Waals surface area (Å²) in [6.45, 7) is 3.95. The van der Waals surface area contributed by atoms with E-state index in [2.05, 4.69) is 26.2 Å². The Morgan fingerprint density at radius 2 is 2.27 bits per heavy atom. The van der Waals surface area contributed by atoms with E-state index in [1.807, 2.05) is 13.0 Å². The second-order valence-corrected chi connectivity index (χ2v) is 8.03. The zero-order valence-corrected chi connectivity index (χ0v) is 19.6. The van der Waals surface area contributed by atoms with E-state index in [1.54, 1.807) is 23.0 Å². The van der Waals surface area contributed by atoms with Crippen molar-refractivity contribution in [3.63, 3.8) is 0 Å². The summed E-state index contributed by atoms with van der Waals surface area (Å²) in [6.07, 6.45) is 6.57. The second-order valence-electron chi connectivity index (χ2n) is 7.23. The zero-order valence-electron chi connectivity index (χ0n) is 16.3. The Morgan fingerprint density at radius 1 is 1.37 bits per heavy atom. The molecule has 1 fully saturated rings. The third-order valence-corrected chi connectivity index (χ3v) is 5.94. The summed E-state index contributed by atoms with van der Waals surface area (Å²) in [5.41, 5.74) is 4.45. The van der Waals surface area contributed by atoms with Crippen molar-refractivity contribution in [2.75, 3.05) is 18.4 Å². The van der Waals surface area contributed by atoms with Crippen LogP contribution in [0.4, 0.5) is 10.8 Å². The van der Waals surface area contributed by atoms with Crippen LogP contribution < -0.4 is 10.6 Å². The monoisotopic (exact) mass is 598 g/mol. The third kappa shape index (κ3) is 3.95. The van der Waals surface area contributed by atoms with Crippen molar-refractivity contribution in [3.8, 4) is 11.1 Å². The largest absolute Gasteiger partial charge is 1.00 e. The Hall–Kier alpha value is -2.40. The normalized spacial score (nSPS) is 16.4. The molecule has 5 heterocycles. The molecule has 5 rings (SSSR count). The van der Waals surface area contributed by atoms with Gasteiger partial charge in [-0.25, -0.2) is 4.98 Å². The van der Waals surface area contributed by atoms with Gasteiger partial charge in [-0.2, -0.15) is 20.2 Å². The van der Waals surface area contributed by atoms with Crippen LogP contribution in [0.3, 0.4) is 0 Å². The average molecular weight is 597 g/mol. The minimum Gasteiger partial charge on any atom is -0.808 e. The van der Waals surface area contributed by atoms with Crippen LogP contribution in [0.15, 0.2) is 35.1 Å². The number of furan rings is 1. The van der Waals surface area contributed by atoms with Crippen molar-refractivity contribution in [1.29, 1.82) is 0 Å². The van der Waals surface area contributed by atoms with Crippen molar-refractivity contribution in [1.82, 2.24) is 24.3 Å². The van der Waals surface area contributed by atoms with Crippen molar-refractivity contribution in [3.05, 3.63) is 53.2 Å². The van der Waals surface area contributed by atoms with Crippen molar-refractivity contribution in [2.24, 2.45) is 0 Å². The number of aromatic nitrogens is 4. The molecule has 0 aromatic carbocycles. The van der Waals surface area contributed by atoms with Crippen LogP contribution in [0.2, 0.25) is 0 Å². The molecule has 4 aromatic heterocycles. The Morgan fingerprint density at radius 3 is 2.97 bits per heavy atom. The second kappa shape index (κ2) is 8.76. The molecule has 4 aromatic rings. The predicted octanol–water partition coefficient (Wildman–Crippen LogP) is 3.95. The van der Waals surface area contributed by atoms with Crippen molar-refractivity contribution < 1.29 is 24.2 Å². The van der Waals surface area contributed by atoms with Gasteiger partial charge in [-0.15, -0.1) is 0 Å². The van der Waals surface area contributed by atoms with Gasteiger partial charge < -0.3 is 20.5 Å². The number of piperidine rings is 1. The van der Waals surface area contributed by atoms with E-state index in [4.69, 9.17) is 9.40 Å². The molecule has 30 heavy (non-hydrogen) atoms. The molecule has 0 aliphatic carbocycles. The number of fused-ring (bicyclic) bond motifs is 1. The van der Waals surface area contributed by atoms with Gasteiger partial charge in [0.1, 0.15) is 16.6 Å². The SMILES string of the molecule is Cc1cc(Nc2cc(C3CCCNC3)nc3c(-c4coc(C=[N-])c4)cnn23)sn1.[Os+]. The molecule has 0 bridgehead atoms. The van der Waals surface area contributed by atoms with Crippen molar-refractivity contribution >= 4 is 34.2 Å². The van der Waals surface area contributed by atoms with Gasteiger partial charge in [0.15, 0.2) is 5.65 Å². The molecule has 1 saturated heterocycles. The Bertz CT molecular complexity index is 1180. The summed E-state index contributed by atoms with van der Waals surface area (Å²) < 4.78 is 11.5. The fourth-order valence-corrected chi connectivity index (χ4v) is 4.37. The first-order valence-corrected chi connectivity index (χ1v) is 10.3. The number of anilines is 2.